The quantitative estimate of drug-likeness (QED) is 0.178. The first-order valence-electron chi connectivity index (χ1n) is 17.1. The fourth-order valence-corrected chi connectivity index (χ4v) is 6.32. The summed E-state index contributed by atoms with van der Waals surface area (Å²) in [5.74, 6) is -0.613. The van der Waals surface area contributed by atoms with E-state index in [-0.39, 0.29) is 30.7 Å². The van der Waals surface area contributed by atoms with Gasteiger partial charge in [-0.05, 0) is 74.1 Å². The predicted molar refractivity (Wildman–Crippen MR) is 188 cm³/mol. The molecule has 0 spiro atoms. The van der Waals surface area contributed by atoms with Crippen LogP contribution >= 0.6 is 0 Å². The molecule has 0 bridgehead atoms. The van der Waals surface area contributed by atoms with Crippen LogP contribution in [0.4, 0.5) is 5.69 Å². The number of aliphatic hydroxyl groups excluding tert-OH is 1. The maximum Gasteiger partial charge on any atom is 0.274 e. The number of rotatable bonds is 13. The smallest absolute Gasteiger partial charge is 0.274 e. The minimum absolute atomic E-state index is 0.125. The summed E-state index contributed by atoms with van der Waals surface area (Å²) < 4.78 is 1.64. The van der Waals surface area contributed by atoms with Crippen molar-refractivity contribution in [3.63, 3.8) is 0 Å². The minimum atomic E-state index is -0.415. The average Bonchev–Trinajstić information content (AvgIpc) is 3.48. The highest BCUT2D eigenvalue weighted by Gasteiger charge is 2.32. The molecule has 4 aromatic rings. The van der Waals surface area contributed by atoms with E-state index in [1.807, 2.05) is 67.3 Å². The molecule has 48 heavy (non-hydrogen) atoms. The second-order valence-corrected chi connectivity index (χ2v) is 12.8. The van der Waals surface area contributed by atoms with Gasteiger partial charge in [-0.1, -0.05) is 80.8 Å². The van der Waals surface area contributed by atoms with Crippen molar-refractivity contribution < 1.29 is 19.5 Å². The van der Waals surface area contributed by atoms with Gasteiger partial charge in [0.1, 0.15) is 0 Å². The highest BCUT2D eigenvalue weighted by atomic mass is 16.3. The number of hydrogen-bond acceptors (Lipinski definition) is 5. The van der Waals surface area contributed by atoms with Gasteiger partial charge in [0, 0.05) is 31.0 Å². The van der Waals surface area contributed by atoms with Crippen molar-refractivity contribution in [1.82, 2.24) is 19.6 Å². The third-order valence-electron chi connectivity index (χ3n) is 8.97. The Bertz CT molecular complexity index is 1750. The number of unbranched alkanes of at least 4 members (excludes halogenated alkanes) is 2. The summed E-state index contributed by atoms with van der Waals surface area (Å²) in [6.07, 6.45) is 4.52. The van der Waals surface area contributed by atoms with Crippen LogP contribution in [0.5, 0.6) is 0 Å². The molecule has 1 aliphatic rings. The van der Waals surface area contributed by atoms with Gasteiger partial charge in [0.2, 0.25) is 5.91 Å². The number of amides is 3. The molecule has 0 saturated heterocycles. The topological polar surface area (TPSA) is 108 Å². The fourth-order valence-electron chi connectivity index (χ4n) is 6.32. The fraction of sp³-hybridized carbons (Fsp3) is 0.385. The number of aromatic nitrogens is 2. The Morgan fingerprint density at radius 3 is 2.33 bits per heavy atom. The predicted octanol–water partition coefficient (Wildman–Crippen LogP) is 6.27. The van der Waals surface area contributed by atoms with Crippen LogP contribution in [0, 0.1) is 13.8 Å². The van der Waals surface area contributed by atoms with Crippen LogP contribution in [-0.2, 0) is 24.2 Å². The number of hydrogen-bond donors (Lipinski definition) is 2. The first-order chi connectivity index (χ1) is 23.2. The van der Waals surface area contributed by atoms with Gasteiger partial charge in [-0.2, -0.15) is 5.10 Å². The van der Waals surface area contributed by atoms with Gasteiger partial charge in [0.15, 0.2) is 5.69 Å². The molecule has 1 aromatic heterocycles. The molecule has 0 fully saturated rings. The third-order valence-corrected chi connectivity index (χ3v) is 8.97. The molecule has 0 radical (unpaired) electrons. The van der Waals surface area contributed by atoms with Crippen LogP contribution in [0.3, 0.4) is 0 Å². The Morgan fingerprint density at radius 2 is 1.65 bits per heavy atom. The highest BCUT2D eigenvalue weighted by molar-refractivity contribution is 6.01. The molecular weight excluding hydrogens is 602 g/mol. The number of anilines is 1. The van der Waals surface area contributed by atoms with E-state index in [9.17, 15) is 19.5 Å². The zero-order chi connectivity index (χ0) is 34.2. The molecule has 1 atom stereocenters. The number of aryl methyl sites for hydroxylation is 2. The molecule has 9 nitrogen and oxygen atoms in total. The second kappa shape index (κ2) is 15.9. The van der Waals surface area contributed by atoms with E-state index >= 15 is 0 Å². The average molecular weight is 650 g/mol. The first kappa shape index (κ1) is 34.6. The second-order valence-electron chi connectivity index (χ2n) is 12.8. The van der Waals surface area contributed by atoms with Crippen LogP contribution < -0.4 is 5.32 Å². The standard InChI is InChI=1S/C39H47N5O4/c1-5-7-18-42(19-8-6-2)39(48)35-21-28(4)44(41-35)36-17-16-32(40-37(46)22-29-13-11-12-27(3)20-29)24-34(36)38(47)43-25-31-15-10-9-14-30(31)23-33(43)26-45/h9-17,20-21,24,33,45H,5-8,18-19,22-23,25-26H2,1-4H3,(H,40,46)/t33-/m0/s1. The van der Waals surface area contributed by atoms with Crippen molar-refractivity contribution in [1.29, 1.82) is 0 Å². The van der Waals surface area contributed by atoms with Gasteiger partial charge in [-0.15, -0.1) is 0 Å². The van der Waals surface area contributed by atoms with E-state index < -0.39 is 6.04 Å². The molecule has 3 amide bonds. The van der Waals surface area contributed by atoms with E-state index in [1.165, 1.54) is 0 Å². The van der Waals surface area contributed by atoms with Crippen LogP contribution in [-0.4, -0.2) is 68.1 Å². The molecular formula is C39H47N5O4. The molecule has 3 aromatic carbocycles. The van der Waals surface area contributed by atoms with Crippen molar-refractivity contribution in [2.45, 2.75) is 78.8 Å². The first-order valence-corrected chi connectivity index (χ1v) is 17.1. The van der Waals surface area contributed by atoms with Gasteiger partial charge in [-0.25, -0.2) is 4.68 Å². The van der Waals surface area contributed by atoms with E-state index in [4.69, 9.17) is 5.10 Å². The molecule has 0 unspecified atom stereocenters. The van der Waals surface area contributed by atoms with Crippen molar-refractivity contribution in [2.75, 3.05) is 25.0 Å². The van der Waals surface area contributed by atoms with Gasteiger partial charge >= 0.3 is 0 Å². The maximum absolute atomic E-state index is 14.5. The molecule has 2 heterocycles. The van der Waals surface area contributed by atoms with Gasteiger partial charge in [-0.3, -0.25) is 14.4 Å². The number of carbonyl (C=O) groups excluding carboxylic acids is 3. The molecule has 9 heteroatoms. The lowest BCUT2D eigenvalue weighted by atomic mass is 9.93. The Labute approximate surface area is 283 Å². The number of aliphatic hydroxyl groups is 1. The maximum atomic E-state index is 14.5. The SMILES string of the molecule is CCCCN(CCCC)C(=O)c1cc(C)n(-c2ccc(NC(=O)Cc3cccc(C)c3)cc2C(=O)N2Cc3ccccc3C[C@H]2CO)n1. The van der Waals surface area contributed by atoms with Crippen LogP contribution in [0.25, 0.3) is 5.69 Å². The third kappa shape index (κ3) is 8.02. The lowest BCUT2D eigenvalue weighted by Gasteiger charge is -2.36. The molecule has 2 N–H and O–H groups in total. The van der Waals surface area contributed by atoms with E-state index in [1.54, 1.807) is 33.8 Å². The van der Waals surface area contributed by atoms with Crippen molar-refractivity contribution in [3.8, 4) is 5.69 Å². The molecule has 252 valence electrons. The van der Waals surface area contributed by atoms with Crippen molar-refractivity contribution in [2.24, 2.45) is 0 Å². The van der Waals surface area contributed by atoms with E-state index in [0.717, 1.165) is 47.9 Å². The summed E-state index contributed by atoms with van der Waals surface area (Å²) in [4.78, 5) is 44.9. The summed E-state index contributed by atoms with van der Waals surface area (Å²) in [5, 5.41) is 18.1. The van der Waals surface area contributed by atoms with Crippen LogP contribution in [0.2, 0.25) is 0 Å². The van der Waals surface area contributed by atoms with Crippen LogP contribution in [0.1, 0.15) is 88.3 Å². The van der Waals surface area contributed by atoms with E-state index in [0.29, 0.717) is 54.4 Å². The van der Waals surface area contributed by atoms with Gasteiger partial charge in [0.05, 0.1) is 30.3 Å². The summed E-state index contributed by atoms with van der Waals surface area (Å²) >= 11 is 0. The number of nitrogens with zero attached hydrogens (tertiary/aromatic N) is 4. The number of carbonyl (C=O) groups is 3. The number of benzene rings is 3. The van der Waals surface area contributed by atoms with Gasteiger partial charge in [0.25, 0.3) is 11.8 Å². The Morgan fingerprint density at radius 1 is 0.917 bits per heavy atom. The Balaban J connectivity index is 1.51. The molecule has 0 aliphatic carbocycles. The summed E-state index contributed by atoms with van der Waals surface area (Å²) in [5.41, 5.74) is 6.44. The number of nitrogens with one attached hydrogen (secondary N) is 1. The summed E-state index contributed by atoms with van der Waals surface area (Å²) in [6, 6.07) is 22.3. The summed E-state index contributed by atoms with van der Waals surface area (Å²) in [6.45, 7) is 9.56. The largest absolute Gasteiger partial charge is 0.394 e. The van der Waals surface area contributed by atoms with Crippen molar-refractivity contribution in [3.05, 3.63) is 112 Å². The minimum Gasteiger partial charge on any atom is -0.394 e. The van der Waals surface area contributed by atoms with Crippen LogP contribution in [0.15, 0.2) is 72.8 Å². The lowest BCUT2D eigenvalue weighted by Crippen LogP contribution is -2.46. The highest BCUT2D eigenvalue weighted by Crippen LogP contribution is 2.29. The zero-order valence-electron chi connectivity index (χ0n) is 28.5. The van der Waals surface area contributed by atoms with E-state index in [2.05, 4.69) is 19.2 Å². The molecule has 0 saturated carbocycles. The van der Waals surface area contributed by atoms with Crippen molar-refractivity contribution >= 4 is 23.4 Å². The normalized spacial score (nSPS) is 14.0. The number of fused-ring (bicyclic) bond motifs is 1. The lowest BCUT2D eigenvalue weighted by molar-refractivity contribution is -0.115. The molecule has 1 aliphatic heterocycles. The Kier molecular flexibility index (Phi) is 11.4. The van der Waals surface area contributed by atoms with Gasteiger partial charge < -0.3 is 20.2 Å². The Hall–Kier alpha value is -4.76. The monoisotopic (exact) mass is 649 g/mol. The molecule has 5 rings (SSSR count). The summed E-state index contributed by atoms with van der Waals surface area (Å²) in [7, 11) is 0. The zero-order valence-corrected chi connectivity index (χ0v) is 28.5.